The van der Waals surface area contributed by atoms with E-state index in [4.69, 9.17) is 0 Å². The van der Waals surface area contributed by atoms with E-state index in [0.717, 1.165) is 24.5 Å². The zero-order chi connectivity index (χ0) is 12.5. The van der Waals surface area contributed by atoms with E-state index < -0.39 is 0 Å². The van der Waals surface area contributed by atoms with E-state index in [0.29, 0.717) is 17.6 Å². The number of hydrogen-bond acceptors (Lipinski definition) is 3. The lowest BCUT2D eigenvalue weighted by atomic mass is 10.2. The van der Waals surface area contributed by atoms with Gasteiger partial charge in [-0.1, -0.05) is 22.0 Å². The van der Waals surface area contributed by atoms with Crippen molar-refractivity contribution in [3.63, 3.8) is 0 Å². The SMILES string of the molecule is Fc1cc(CBr)ccc1N1CCn2cnnc2C1. The molecular formula is C12H12BrFN4. The van der Waals surface area contributed by atoms with Crippen LogP contribution in [0.2, 0.25) is 0 Å². The minimum absolute atomic E-state index is 0.181. The van der Waals surface area contributed by atoms with Gasteiger partial charge in [0.1, 0.15) is 12.1 Å². The molecule has 0 radical (unpaired) electrons. The topological polar surface area (TPSA) is 34.0 Å². The summed E-state index contributed by atoms with van der Waals surface area (Å²) in [6.07, 6.45) is 1.72. The molecule has 1 aliphatic heterocycles. The Bertz CT molecular complexity index is 569. The fourth-order valence-corrected chi connectivity index (χ4v) is 2.51. The van der Waals surface area contributed by atoms with Crippen LogP contribution in [-0.2, 0) is 18.4 Å². The minimum Gasteiger partial charge on any atom is -0.360 e. The molecule has 0 spiro atoms. The number of fused-ring (bicyclic) bond motifs is 1. The second-order valence-electron chi connectivity index (χ2n) is 4.28. The van der Waals surface area contributed by atoms with Crippen LogP contribution in [0, 0.1) is 5.82 Å². The summed E-state index contributed by atoms with van der Waals surface area (Å²) in [5.74, 6) is 0.699. The molecule has 18 heavy (non-hydrogen) atoms. The van der Waals surface area contributed by atoms with E-state index >= 15 is 0 Å². The van der Waals surface area contributed by atoms with Crippen molar-refractivity contribution in [3.8, 4) is 0 Å². The molecule has 6 heteroatoms. The number of rotatable bonds is 2. The van der Waals surface area contributed by atoms with Crippen molar-refractivity contribution in [2.75, 3.05) is 11.4 Å². The molecule has 2 aromatic rings. The molecule has 0 unspecified atom stereocenters. The number of hydrogen-bond donors (Lipinski definition) is 0. The Balaban J connectivity index is 1.88. The lowest BCUT2D eigenvalue weighted by Gasteiger charge is -2.29. The average molecular weight is 311 g/mol. The number of aromatic nitrogens is 3. The van der Waals surface area contributed by atoms with Crippen LogP contribution in [0.3, 0.4) is 0 Å². The van der Waals surface area contributed by atoms with E-state index in [1.807, 2.05) is 21.6 Å². The molecule has 0 atom stereocenters. The number of nitrogens with zero attached hydrogens (tertiary/aromatic N) is 4. The molecule has 1 aromatic carbocycles. The highest BCUT2D eigenvalue weighted by Crippen LogP contribution is 2.24. The molecule has 0 aliphatic carbocycles. The molecule has 2 heterocycles. The van der Waals surface area contributed by atoms with Gasteiger partial charge >= 0.3 is 0 Å². The summed E-state index contributed by atoms with van der Waals surface area (Å²) in [6, 6.07) is 5.34. The van der Waals surface area contributed by atoms with Crippen LogP contribution in [0.5, 0.6) is 0 Å². The van der Waals surface area contributed by atoms with Crippen molar-refractivity contribution < 1.29 is 4.39 Å². The van der Waals surface area contributed by atoms with Gasteiger partial charge in [-0.15, -0.1) is 10.2 Å². The second kappa shape index (κ2) is 4.68. The fourth-order valence-electron chi connectivity index (χ4n) is 2.16. The minimum atomic E-state index is -0.181. The van der Waals surface area contributed by atoms with Crippen LogP contribution in [0.15, 0.2) is 24.5 Å². The summed E-state index contributed by atoms with van der Waals surface area (Å²) in [5, 5.41) is 8.57. The van der Waals surface area contributed by atoms with Crippen LogP contribution >= 0.6 is 15.9 Å². The molecule has 0 amide bonds. The third kappa shape index (κ3) is 2.01. The summed E-state index contributed by atoms with van der Waals surface area (Å²) >= 11 is 3.33. The Morgan fingerprint density at radius 1 is 1.33 bits per heavy atom. The zero-order valence-corrected chi connectivity index (χ0v) is 11.3. The average Bonchev–Trinajstić information content (AvgIpc) is 2.85. The van der Waals surface area contributed by atoms with Crippen LogP contribution in [0.4, 0.5) is 10.1 Å². The third-order valence-corrected chi connectivity index (χ3v) is 3.79. The van der Waals surface area contributed by atoms with E-state index in [1.165, 1.54) is 0 Å². The zero-order valence-electron chi connectivity index (χ0n) is 9.68. The van der Waals surface area contributed by atoms with Gasteiger partial charge in [0.2, 0.25) is 0 Å². The first-order valence-electron chi connectivity index (χ1n) is 5.74. The first-order chi connectivity index (χ1) is 8.78. The second-order valence-corrected chi connectivity index (χ2v) is 4.84. The molecule has 4 nitrogen and oxygen atoms in total. The third-order valence-electron chi connectivity index (χ3n) is 3.15. The van der Waals surface area contributed by atoms with E-state index in [9.17, 15) is 4.39 Å². The summed E-state index contributed by atoms with van der Waals surface area (Å²) in [6.45, 7) is 2.17. The molecule has 0 saturated carbocycles. The largest absolute Gasteiger partial charge is 0.360 e. The Morgan fingerprint density at radius 3 is 3.00 bits per heavy atom. The lowest BCUT2D eigenvalue weighted by molar-refractivity contribution is 0.543. The van der Waals surface area contributed by atoms with Crippen LogP contribution in [-0.4, -0.2) is 21.3 Å². The standard InChI is InChI=1S/C12H12BrFN4/c13-6-9-1-2-11(10(14)5-9)17-3-4-18-8-15-16-12(18)7-17/h1-2,5,8H,3-4,6-7H2. The highest BCUT2D eigenvalue weighted by Gasteiger charge is 2.20. The normalized spacial score (nSPS) is 14.7. The smallest absolute Gasteiger partial charge is 0.152 e. The maximum absolute atomic E-state index is 14.0. The molecule has 0 N–H and O–H groups in total. The van der Waals surface area contributed by atoms with Crippen LogP contribution < -0.4 is 4.90 Å². The lowest BCUT2D eigenvalue weighted by Crippen LogP contribution is -2.34. The van der Waals surface area contributed by atoms with Gasteiger partial charge in [-0.2, -0.15) is 0 Å². The number of halogens is 2. The quantitative estimate of drug-likeness (QED) is 0.798. The van der Waals surface area contributed by atoms with E-state index in [-0.39, 0.29) is 5.82 Å². The summed E-state index contributed by atoms with van der Waals surface area (Å²) in [5.41, 5.74) is 1.57. The Hall–Kier alpha value is -1.43. The van der Waals surface area contributed by atoms with Crippen molar-refractivity contribution in [2.45, 2.75) is 18.4 Å². The summed E-state index contributed by atoms with van der Waals surface area (Å²) in [7, 11) is 0. The molecular weight excluding hydrogens is 299 g/mol. The van der Waals surface area contributed by atoms with Crippen molar-refractivity contribution in [1.82, 2.24) is 14.8 Å². The van der Waals surface area contributed by atoms with Gasteiger partial charge in [0.15, 0.2) is 5.82 Å². The molecule has 0 bridgehead atoms. The van der Waals surface area contributed by atoms with Crippen molar-refractivity contribution >= 4 is 21.6 Å². The summed E-state index contributed by atoms with van der Waals surface area (Å²) < 4.78 is 16.0. The highest BCUT2D eigenvalue weighted by atomic mass is 79.9. The molecule has 94 valence electrons. The Kier molecular flexibility index (Phi) is 3.03. The van der Waals surface area contributed by atoms with Crippen molar-refractivity contribution in [3.05, 3.63) is 41.7 Å². The van der Waals surface area contributed by atoms with Gasteiger partial charge in [0.05, 0.1) is 12.2 Å². The molecule has 0 saturated heterocycles. The molecule has 3 rings (SSSR count). The summed E-state index contributed by atoms with van der Waals surface area (Å²) in [4.78, 5) is 2.00. The monoisotopic (exact) mass is 310 g/mol. The fraction of sp³-hybridized carbons (Fsp3) is 0.333. The van der Waals surface area contributed by atoms with Gasteiger partial charge in [-0.05, 0) is 17.7 Å². The van der Waals surface area contributed by atoms with Gasteiger partial charge < -0.3 is 9.47 Å². The van der Waals surface area contributed by atoms with Crippen molar-refractivity contribution in [1.29, 1.82) is 0 Å². The maximum Gasteiger partial charge on any atom is 0.152 e. The number of alkyl halides is 1. The first kappa shape index (κ1) is 11.6. The number of anilines is 1. The van der Waals surface area contributed by atoms with Gasteiger partial charge in [-0.25, -0.2) is 4.39 Å². The molecule has 0 fully saturated rings. The predicted octanol–water partition coefficient (Wildman–Crippen LogP) is 2.33. The van der Waals surface area contributed by atoms with Gasteiger partial charge in [0.25, 0.3) is 0 Å². The van der Waals surface area contributed by atoms with Crippen LogP contribution in [0.1, 0.15) is 11.4 Å². The Morgan fingerprint density at radius 2 is 2.22 bits per heavy atom. The van der Waals surface area contributed by atoms with Crippen molar-refractivity contribution in [2.24, 2.45) is 0 Å². The molecule has 1 aromatic heterocycles. The molecule has 1 aliphatic rings. The number of benzene rings is 1. The van der Waals surface area contributed by atoms with Gasteiger partial charge in [0, 0.05) is 18.4 Å². The van der Waals surface area contributed by atoms with E-state index in [2.05, 4.69) is 26.1 Å². The first-order valence-corrected chi connectivity index (χ1v) is 6.86. The predicted molar refractivity (Wildman–Crippen MR) is 70.1 cm³/mol. The highest BCUT2D eigenvalue weighted by molar-refractivity contribution is 9.08. The van der Waals surface area contributed by atoms with Gasteiger partial charge in [-0.3, -0.25) is 0 Å². The maximum atomic E-state index is 14.0. The van der Waals surface area contributed by atoms with E-state index in [1.54, 1.807) is 12.4 Å². The van der Waals surface area contributed by atoms with Crippen LogP contribution in [0.25, 0.3) is 0 Å². The Labute approximate surface area is 113 Å².